The molecule has 1 amide bonds. The average Bonchev–Trinajstić information content (AvgIpc) is 2.97. The summed E-state index contributed by atoms with van der Waals surface area (Å²) in [6.07, 6.45) is 0.553. The predicted octanol–water partition coefficient (Wildman–Crippen LogP) is 2.86. The number of benzene rings is 1. The summed E-state index contributed by atoms with van der Waals surface area (Å²) in [7, 11) is -2.97. The minimum absolute atomic E-state index is 0.0705. The lowest BCUT2D eigenvalue weighted by Crippen LogP contribution is -2.29. The standard InChI is InChI=1S/C14H13ClFNO3S2/c15-12-11-9(16)2-1-3-10(11)21-13(12)14(18)17-6-8-4-5-22(19,20)7-8/h1-3,8H,4-7H2,(H,17,18)/t8-/m1/s1. The van der Waals surface area contributed by atoms with E-state index in [2.05, 4.69) is 5.32 Å². The van der Waals surface area contributed by atoms with Crippen LogP contribution in [0.2, 0.25) is 5.02 Å². The van der Waals surface area contributed by atoms with Gasteiger partial charge in [0.05, 0.1) is 16.5 Å². The largest absolute Gasteiger partial charge is 0.351 e. The third-order valence-corrected chi connectivity index (χ3v) is 7.17. The average molecular weight is 362 g/mol. The van der Waals surface area contributed by atoms with E-state index in [9.17, 15) is 17.6 Å². The van der Waals surface area contributed by atoms with Gasteiger partial charge in [-0.25, -0.2) is 12.8 Å². The quantitative estimate of drug-likeness (QED) is 0.914. The summed E-state index contributed by atoms with van der Waals surface area (Å²) in [5.41, 5.74) is 0. The Morgan fingerprint density at radius 3 is 2.86 bits per heavy atom. The van der Waals surface area contributed by atoms with E-state index in [4.69, 9.17) is 11.6 Å². The topological polar surface area (TPSA) is 63.2 Å². The highest BCUT2D eigenvalue weighted by Crippen LogP contribution is 2.36. The van der Waals surface area contributed by atoms with Crippen molar-refractivity contribution in [2.24, 2.45) is 5.92 Å². The normalized spacial score (nSPS) is 20.4. The van der Waals surface area contributed by atoms with Crippen LogP contribution in [-0.2, 0) is 9.84 Å². The number of rotatable bonds is 3. The third kappa shape index (κ3) is 2.98. The van der Waals surface area contributed by atoms with E-state index < -0.39 is 21.6 Å². The SMILES string of the molecule is O=C(NC[C@H]1CCS(=O)(=O)C1)c1sc2cccc(F)c2c1Cl. The van der Waals surface area contributed by atoms with E-state index in [0.717, 1.165) is 11.3 Å². The van der Waals surface area contributed by atoms with E-state index in [1.807, 2.05) is 0 Å². The number of amides is 1. The first kappa shape index (κ1) is 15.7. The first-order chi connectivity index (χ1) is 10.4. The highest BCUT2D eigenvalue weighted by molar-refractivity contribution is 7.91. The number of fused-ring (bicyclic) bond motifs is 1. The van der Waals surface area contributed by atoms with Crippen molar-refractivity contribution in [1.82, 2.24) is 5.32 Å². The lowest BCUT2D eigenvalue weighted by atomic mass is 10.1. The maximum Gasteiger partial charge on any atom is 0.262 e. The summed E-state index contributed by atoms with van der Waals surface area (Å²) in [6.45, 7) is 0.283. The van der Waals surface area contributed by atoms with Gasteiger partial charge in [-0.15, -0.1) is 11.3 Å². The van der Waals surface area contributed by atoms with Gasteiger partial charge < -0.3 is 5.32 Å². The summed E-state index contributed by atoms with van der Waals surface area (Å²) in [5.74, 6) is -0.654. The fraction of sp³-hybridized carbons (Fsp3) is 0.357. The molecule has 0 spiro atoms. The molecule has 1 aliphatic heterocycles. The van der Waals surface area contributed by atoms with E-state index in [1.165, 1.54) is 6.07 Å². The number of carbonyl (C=O) groups is 1. The van der Waals surface area contributed by atoms with Gasteiger partial charge in [0.15, 0.2) is 9.84 Å². The molecular weight excluding hydrogens is 349 g/mol. The maximum absolute atomic E-state index is 13.8. The molecule has 1 fully saturated rings. The van der Waals surface area contributed by atoms with E-state index in [1.54, 1.807) is 12.1 Å². The number of hydrogen-bond acceptors (Lipinski definition) is 4. The molecule has 1 N–H and O–H groups in total. The predicted molar refractivity (Wildman–Crippen MR) is 85.9 cm³/mol. The molecular formula is C14H13ClFNO3S2. The summed E-state index contributed by atoms with van der Waals surface area (Å²) < 4.78 is 37.2. The second-order valence-corrected chi connectivity index (χ2v) is 9.00. The monoisotopic (exact) mass is 361 g/mol. The lowest BCUT2D eigenvalue weighted by Gasteiger charge is -2.08. The molecule has 118 valence electrons. The molecule has 1 aromatic carbocycles. The fourth-order valence-corrected chi connectivity index (χ4v) is 5.90. The Morgan fingerprint density at radius 2 is 2.23 bits per heavy atom. The van der Waals surface area contributed by atoms with Crippen LogP contribution in [0.1, 0.15) is 16.1 Å². The summed E-state index contributed by atoms with van der Waals surface area (Å²) >= 11 is 7.24. The van der Waals surface area contributed by atoms with Crippen molar-refractivity contribution in [3.8, 4) is 0 Å². The molecule has 1 aromatic heterocycles. The van der Waals surface area contributed by atoms with Crippen LogP contribution in [0.25, 0.3) is 10.1 Å². The van der Waals surface area contributed by atoms with Gasteiger partial charge in [0.1, 0.15) is 10.7 Å². The molecule has 22 heavy (non-hydrogen) atoms. The van der Waals surface area contributed by atoms with E-state index >= 15 is 0 Å². The van der Waals surface area contributed by atoms with Gasteiger partial charge in [-0.05, 0) is 24.5 Å². The molecule has 4 nitrogen and oxygen atoms in total. The van der Waals surface area contributed by atoms with E-state index in [-0.39, 0.29) is 39.3 Å². The Bertz CT molecular complexity index is 847. The van der Waals surface area contributed by atoms with Gasteiger partial charge in [-0.3, -0.25) is 4.79 Å². The smallest absolute Gasteiger partial charge is 0.262 e. The van der Waals surface area contributed by atoms with Crippen LogP contribution < -0.4 is 5.32 Å². The van der Waals surface area contributed by atoms with Crippen molar-refractivity contribution < 1.29 is 17.6 Å². The zero-order valence-electron chi connectivity index (χ0n) is 11.4. The van der Waals surface area contributed by atoms with Gasteiger partial charge in [-0.1, -0.05) is 17.7 Å². The van der Waals surface area contributed by atoms with E-state index in [0.29, 0.717) is 11.1 Å². The minimum atomic E-state index is -2.97. The second kappa shape index (κ2) is 5.79. The summed E-state index contributed by atoms with van der Waals surface area (Å²) in [4.78, 5) is 12.5. The Balaban J connectivity index is 1.76. The number of hydrogen-bond donors (Lipinski definition) is 1. The Labute approximate surface area is 136 Å². The molecule has 0 saturated carbocycles. The summed E-state index contributed by atoms with van der Waals surface area (Å²) in [6, 6.07) is 4.57. The Morgan fingerprint density at radius 1 is 1.45 bits per heavy atom. The molecule has 0 radical (unpaired) electrons. The third-order valence-electron chi connectivity index (χ3n) is 3.69. The first-order valence-corrected chi connectivity index (χ1v) is 9.74. The molecule has 1 aliphatic rings. The van der Waals surface area contributed by atoms with Gasteiger partial charge >= 0.3 is 0 Å². The van der Waals surface area contributed by atoms with Crippen LogP contribution in [0, 0.1) is 11.7 Å². The zero-order chi connectivity index (χ0) is 15.9. The lowest BCUT2D eigenvalue weighted by molar-refractivity contribution is 0.0952. The van der Waals surface area contributed by atoms with Crippen molar-refractivity contribution in [2.45, 2.75) is 6.42 Å². The van der Waals surface area contributed by atoms with Gasteiger partial charge in [0, 0.05) is 16.6 Å². The van der Waals surface area contributed by atoms with Crippen molar-refractivity contribution in [1.29, 1.82) is 0 Å². The van der Waals surface area contributed by atoms with Crippen molar-refractivity contribution >= 4 is 48.8 Å². The first-order valence-electron chi connectivity index (χ1n) is 6.72. The highest BCUT2D eigenvalue weighted by Gasteiger charge is 2.28. The fourth-order valence-electron chi connectivity index (χ4n) is 2.57. The molecule has 1 atom stereocenters. The molecule has 0 unspecified atom stereocenters. The van der Waals surface area contributed by atoms with Gasteiger partial charge in [0.2, 0.25) is 0 Å². The van der Waals surface area contributed by atoms with Crippen LogP contribution >= 0.6 is 22.9 Å². The molecule has 1 saturated heterocycles. The maximum atomic E-state index is 13.8. The Hall–Kier alpha value is -1.18. The van der Waals surface area contributed by atoms with Crippen LogP contribution in [-0.4, -0.2) is 32.4 Å². The minimum Gasteiger partial charge on any atom is -0.351 e. The molecule has 8 heteroatoms. The van der Waals surface area contributed by atoms with Crippen LogP contribution in [0.15, 0.2) is 18.2 Å². The number of nitrogens with one attached hydrogen (secondary N) is 1. The second-order valence-electron chi connectivity index (χ2n) is 5.34. The zero-order valence-corrected chi connectivity index (χ0v) is 13.8. The molecule has 2 heterocycles. The molecule has 0 bridgehead atoms. The van der Waals surface area contributed by atoms with Crippen LogP contribution in [0.4, 0.5) is 4.39 Å². The highest BCUT2D eigenvalue weighted by atomic mass is 35.5. The number of sulfone groups is 1. The van der Waals surface area contributed by atoms with Gasteiger partial charge in [0.25, 0.3) is 5.91 Å². The number of thiophene rings is 1. The van der Waals surface area contributed by atoms with Crippen molar-refractivity contribution in [3.63, 3.8) is 0 Å². The molecule has 0 aliphatic carbocycles. The number of halogens is 2. The molecule has 3 rings (SSSR count). The number of carbonyl (C=O) groups excluding carboxylic acids is 1. The van der Waals surface area contributed by atoms with Crippen LogP contribution in [0.3, 0.4) is 0 Å². The van der Waals surface area contributed by atoms with Gasteiger partial charge in [-0.2, -0.15) is 0 Å². The van der Waals surface area contributed by atoms with Crippen molar-refractivity contribution in [3.05, 3.63) is 33.9 Å². The summed E-state index contributed by atoms with van der Waals surface area (Å²) in [5, 5.41) is 3.06. The molecule has 2 aromatic rings. The van der Waals surface area contributed by atoms with Crippen LogP contribution in [0.5, 0.6) is 0 Å². The van der Waals surface area contributed by atoms with Crippen molar-refractivity contribution in [2.75, 3.05) is 18.1 Å². The Kier molecular flexibility index (Phi) is 4.13.